The first-order chi connectivity index (χ1) is 8.04. The van der Waals surface area contributed by atoms with Gasteiger partial charge in [0.25, 0.3) is 0 Å². The molecule has 0 radical (unpaired) electrons. The Labute approximate surface area is 100 Å². The van der Waals surface area contributed by atoms with Crippen molar-refractivity contribution in [2.45, 2.75) is 25.7 Å². The molecule has 1 aromatic rings. The monoisotopic (exact) mass is 239 g/mol. The van der Waals surface area contributed by atoms with Crippen LogP contribution in [0, 0.1) is 0 Å². The van der Waals surface area contributed by atoms with Gasteiger partial charge in [0.15, 0.2) is 0 Å². The summed E-state index contributed by atoms with van der Waals surface area (Å²) in [7, 11) is 1.58. The van der Waals surface area contributed by atoms with E-state index < -0.39 is 18.1 Å². The Balaban J connectivity index is 2.47. The molecule has 5 heteroatoms. The van der Waals surface area contributed by atoms with E-state index in [4.69, 9.17) is 20.3 Å². The second kappa shape index (κ2) is 6.22. The molecule has 0 aromatic heterocycles. The van der Waals surface area contributed by atoms with Gasteiger partial charge in [0, 0.05) is 0 Å². The summed E-state index contributed by atoms with van der Waals surface area (Å²) in [6.07, 6.45) is -0.918. The lowest BCUT2D eigenvalue weighted by Crippen LogP contribution is -2.41. The fourth-order valence-corrected chi connectivity index (χ4v) is 1.17. The molecule has 0 saturated heterocycles. The SMILES string of the molecule is COc1ccc(COC(=O)C(N)C(C)O)cc1. The van der Waals surface area contributed by atoms with E-state index in [0.29, 0.717) is 0 Å². The Kier molecular flexibility index (Phi) is 4.93. The maximum Gasteiger partial charge on any atom is 0.325 e. The van der Waals surface area contributed by atoms with Gasteiger partial charge >= 0.3 is 5.97 Å². The molecule has 2 atom stereocenters. The van der Waals surface area contributed by atoms with E-state index in [1.807, 2.05) is 0 Å². The van der Waals surface area contributed by atoms with Crippen molar-refractivity contribution in [1.29, 1.82) is 0 Å². The molecule has 0 aliphatic rings. The summed E-state index contributed by atoms with van der Waals surface area (Å²) < 4.78 is 9.96. The Hall–Kier alpha value is -1.59. The molecule has 0 spiro atoms. The van der Waals surface area contributed by atoms with E-state index >= 15 is 0 Å². The molecule has 0 bridgehead atoms. The maximum absolute atomic E-state index is 11.3. The third-order valence-electron chi connectivity index (χ3n) is 2.33. The molecule has 94 valence electrons. The Morgan fingerprint density at radius 1 is 1.41 bits per heavy atom. The van der Waals surface area contributed by atoms with Crippen LogP contribution in [0.25, 0.3) is 0 Å². The molecule has 0 aliphatic heterocycles. The lowest BCUT2D eigenvalue weighted by Gasteiger charge is -2.13. The van der Waals surface area contributed by atoms with Crippen LogP contribution < -0.4 is 10.5 Å². The highest BCUT2D eigenvalue weighted by Crippen LogP contribution is 2.12. The van der Waals surface area contributed by atoms with Crippen LogP contribution in [-0.4, -0.2) is 30.3 Å². The van der Waals surface area contributed by atoms with Gasteiger partial charge in [-0.3, -0.25) is 4.79 Å². The van der Waals surface area contributed by atoms with E-state index in [1.54, 1.807) is 31.4 Å². The van der Waals surface area contributed by atoms with Crippen molar-refractivity contribution in [2.75, 3.05) is 7.11 Å². The highest BCUT2D eigenvalue weighted by Gasteiger charge is 2.20. The van der Waals surface area contributed by atoms with Gasteiger partial charge in [0.2, 0.25) is 0 Å². The molecule has 0 heterocycles. The first kappa shape index (κ1) is 13.5. The van der Waals surface area contributed by atoms with Gasteiger partial charge in [-0.2, -0.15) is 0 Å². The predicted molar refractivity (Wildman–Crippen MR) is 62.4 cm³/mol. The van der Waals surface area contributed by atoms with Gasteiger partial charge in [0.1, 0.15) is 18.4 Å². The fourth-order valence-electron chi connectivity index (χ4n) is 1.17. The summed E-state index contributed by atoms with van der Waals surface area (Å²) in [5, 5.41) is 9.11. The highest BCUT2D eigenvalue weighted by atomic mass is 16.5. The van der Waals surface area contributed by atoms with Crippen molar-refractivity contribution < 1.29 is 19.4 Å². The molecule has 17 heavy (non-hydrogen) atoms. The smallest absolute Gasteiger partial charge is 0.325 e. The van der Waals surface area contributed by atoms with E-state index in [9.17, 15) is 4.79 Å². The molecule has 3 N–H and O–H groups in total. The van der Waals surface area contributed by atoms with E-state index in [2.05, 4.69) is 0 Å². The number of hydrogen-bond acceptors (Lipinski definition) is 5. The van der Waals surface area contributed by atoms with Crippen LogP contribution in [0.5, 0.6) is 5.75 Å². The van der Waals surface area contributed by atoms with E-state index in [0.717, 1.165) is 11.3 Å². The normalized spacial score (nSPS) is 13.9. The van der Waals surface area contributed by atoms with Gasteiger partial charge in [-0.05, 0) is 24.6 Å². The van der Waals surface area contributed by atoms with Crippen molar-refractivity contribution in [3.8, 4) is 5.75 Å². The number of hydrogen-bond donors (Lipinski definition) is 2. The molecule has 0 saturated carbocycles. The van der Waals surface area contributed by atoms with Crippen molar-refractivity contribution in [3.05, 3.63) is 29.8 Å². The lowest BCUT2D eigenvalue weighted by molar-refractivity contribution is -0.149. The second-order valence-corrected chi connectivity index (χ2v) is 3.72. The van der Waals surface area contributed by atoms with Crippen molar-refractivity contribution in [3.63, 3.8) is 0 Å². The van der Waals surface area contributed by atoms with Crippen LogP contribution in [0.15, 0.2) is 24.3 Å². The fraction of sp³-hybridized carbons (Fsp3) is 0.417. The number of methoxy groups -OCH3 is 1. The summed E-state index contributed by atoms with van der Waals surface area (Å²) in [6, 6.07) is 6.13. The number of rotatable bonds is 5. The van der Waals surface area contributed by atoms with Crippen LogP contribution in [0.2, 0.25) is 0 Å². The third-order valence-corrected chi connectivity index (χ3v) is 2.33. The van der Waals surface area contributed by atoms with Crippen LogP contribution in [-0.2, 0) is 16.1 Å². The predicted octanol–water partition coefficient (Wildman–Crippen LogP) is 0.447. The van der Waals surface area contributed by atoms with Crippen LogP contribution in [0.1, 0.15) is 12.5 Å². The highest BCUT2D eigenvalue weighted by molar-refractivity contribution is 5.76. The Bertz CT molecular complexity index is 361. The molecule has 0 fully saturated rings. The maximum atomic E-state index is 11.3. The number of aliphatic hydroxyl groups excluding tert-OH is 1. The molecule has 5 nitrogen and oxygen atoms in total. The minimum absolute atomic E-state index is 0.128. The number of esters is 1. The molecule has 1 aromatic carbocycles. The average Bonchev–Trinajstić information content (AvgIpc) is 2.35. The number of benzene rings is 1. The molecular weight excluding hydrogens is 222 g/mol. The Morgan fingerprint density at radius 3 is 2.47 bits per heavy atom. The summed E-state index contributed by atoms with van der Waals surface area (Å²) >= 11 is 0. The zero-order valence-corrected chi connectivity index (χ0v) is 9.92. The summed E-state index contributed by atoms with van der Waals surface area (Å²) in [6.45, 7) is 1.57. The molecular formula is C12H17NO4. The van der Waals surface area contributed by atoms with Gasteiger partial charge in [-0.25, -0.2) is 0 Å². The summed E-state index contributed by atoms with van der Waals surface area (Å²) in [4.78, 5) is 11.3. The second-order valence-electron chi connectivity index (χ2n) is 3.72. The number of carbonyl (C=O) groups is 1. The number of carbonyl (C=O) groups excluding carboxylic acids is 1. The quantitative estimate of drug-likeness (QED) is 0.729. The minimum Gasteiger partial charge on any atom is -0.497 e. The number of aliphatic hydroxyl groups is 1. The summed E-state index contributed by atoms with van der Waals surface area (Å²) in [5.74, 6) is 0.122. The van der Waals surface area contributed by atoms with Crippen LogP contribution in [0.4, 0.5) is 0 Å². The van der Waals surface area contributed by atoms with Gasteiger partial charge in [-0.15, -0.1) is 0 Å². The zero-order chi connectivity index (χ0) is 12.8. The standard InChI is InChI=1S/C12H17NO4/c1-8(14)11(13)12(15)17-7-9-3-5-10(16-2)6-4-9/h3-6,8,11,14H,7,13H2,1-2H3. The molecule has 0 amide bonds. The van der Waals surface area contributed by atoms with Crippen LogP contribution >= 0.6 is 0 Å². The third kappa shape index (κ3) is 4.05. The molecule has 1 rings (SSSR count). The van der Waals surface area contributed by atoms with E-state index in [1.165, 1.54) is 6.92 Å². The van der Waals surface area contributed by atoms with Crippen molar-refractivity contribution in [2.24, 2.45) is 5.73 Å². The number of ether oxygens (including phenoxy) is 2. The Morgan fingerprint density at radius 2 is 2.00 bits per heavy atom. The topological polar surface area (TPSA) is 81.8 Å². The molecule has 2 unspecified atom stereocenters. The zero-order valence-electron chi connectivity index (χ0n) is 9.92. The van der Waals surface area contributed by atoms with E-state index in [-0.39, 0.29) is 6.61 Å². The average molecular weight is 239 g/mol. The van der Waals surface area contributed by atoms with Crippen LogP contribution in [0.3, 0.4) is 0 Å². The van der Waals surface area contributed by atoms with Crippen molar-refractivity contribution >= 4 is 5.97 Å². The minimum atomic E-state index is -1.01. The number of nitrogens with two attached hydrogens (primary N) is 1. The first-order valence-electron chi connectivity index (χ1n) is 5.28. The first-order valence-corrected chi connectivity index (χ1v) is 5.28. The largest absolute Gasteiger partial charge is 0.497 e. The van der Waals surface area contributed by atoms with Crippen molar-refractivity contribution in [1.82, 2.24) is 0 Å². The summed E-state index contributed by atoms with van der Waals surface area (Å²) in [5.41, 5.74) is 6.26. The van der Waals surface area contributed by atoms with Gasteiger partial charge in [-0.1, -0.05) is 12.1 Å². The van der Waals surface area contributed by atoms with Gasteiger partial charge in [0.05, 0.1) is 13.2 Å². The van der Waals surface area contributed by atoms with Gasteiger partial charge < -0.3 is 20.3 Å². The lowest BCUT2D eigenvalue weighted by atomic mass is 10.2. The molecule has 0 aliphatic carbocycles.